The fraction of sp³-hybridized carbons (Fsp3) is 0.200. The molecule has 19 heavy (non-hydrogen) atoms. The second-order valence-electron chi connectivity index (χ2n) is 4.54. The Morgan fingerprint density at radius 1 is 1.21 bits per heavy atom. The van der Waals surface area contributed by atoms with Crippen molar-refractivity contribution in [2.24, 2.45) is 5.73 Å². The summed E-state index contributed by atoms with van der Waals surface area (Å²) >= 11 is 5.16. The molecule has 3 nitrogen and oxygen atoms in total. The van der Waals surface area contributed by atoms with E-state index in [2.05, 4.69) is 4.98 Å². The van der Waals surface area contributed by atoms with Crippen LogP contribution in [0.1, 0.15) is 16.8 Å². The number of anilines is 2. The van der Waals surface area contributed by atoms with Crippen molar-refractivity contribution in [1.29, 1.82) is 0 Å². The summed E-state index contributed by atoms with van der Waals surface area (Å²) in [5, 5.41) is 0. The average Bonchev–Trinajstić information content (AvgIpc) is 2.37. The van der Waals surface area contributed by atoms with E-state index in [0.717, 1.165) is 28.3 Å². The Hall–Kier alpha value is -1.94. The second kappa shape index (κ2) is 5.36. The van der Waals surface area contributed by atoms with E-state index in [9.17, 15) is 0 Å². The van der Waals surface area contributed by atoms with E-state index in [1.165, 1.54) is 0 Å². The average molecular weight is 271 g/mol. The standard InChI is InChI=1S/C15H17N3S/c1-10-9-11(2)17-15(13(10)14(16)19)18(3)12-7-5-4-6-8-12/h4-9H,1-3H3,(H2,16,19). The summed E-state index contributed by atoms with van der Waals surface area (Å²) in [4.78, 5) is 6.98. The first kappa shape index (κ1) is 13.5. The molecule has 0 aliphatic carbocycles. The molecule has 0 aliphatic rings. The van der Waals surface area contributed by atoms with Gasteiger partial charge in [-0.1, -0.05) is 30.4 Å². The number of aromatic nitrogens is 1. The van der Waals surface area contributed by atoms with Gasteiger partial charge in [-0.3, -0.25) is 0 Å². The molecule has 0 spiro atoms. The normalized spacial score (nSPS) is 10.3. The number of thiocarbonyl (C=S) groups is 1. The van der Waals surface area contributed by atoms with Gasteiger partial charge in [0.25, 0.3) is 0 Å². The molecule has 2 aromatic rings. The Bertz CT molecular complexity index is 608. The molecule has 0 atom stereocenters. The van der Waals surface area contributed by atoms with Gasteiger partial charge >= 0.3 is 0 Å². The van der Waals surface area contributed by atoms with Crippen LogP contribution in [0.15, 0.2) is 36.4 Å². The van der Waals surface area contributed by atoms with Crippen molar-refractivity contribution >= 4 is 28.7 Å². The maximum absolute atomic E-state index is 5.85. The van der Waals surface area contributed by atoms with Crippen LogP contribution in [0.5, 0.6) is 0 Å². The Kier molecular flexibility index (Phi) is 3.81. The third-order valence-electron chi connectivity index (χ3n) is 3.03. The summed E-state index contributed by atoms with van der Waals surface area (Å²) in [6, 6.07) is 12.0. The van der Waals surface area contributed by atoms with Crippen LogP contribution < -0.4 is 10.6 Å². The molecule has 0 bridgehead atoms. The predicted octanol–water partition coefficient (Wildman–Crippen LogP) is 3.10. The number of nitrogens with zero attached hydrogens (tertiary/aromatic N) is 2. The largest absolute Gasteiger partial charge is 0.389 e. The van der Waals surface area contributed by atoms with E-state index in [-0.39, 0.29) is 0 Å². The maximum atomic E-state index is 5.85. The van der Waals surface area contributed by atoms with Crippen LogP contribution in [0.25, 0.3) is 0 Å². The van der Waals surface area contributed by atoms with Crippen LogP contribution >= 0.6 is 12.2 Å². The molecule has 2 rings (SSSR count). The molecule has 0 saturated carbocycles. The summed E-state index contributed by atoms with van der Waals surface area (Å²) in [6.07, 6.45) is 0. The number of hydrogen-bond donors (Lipinski definition) is 1. The summed E-state index contributed by atoms with van der Waals surface area (Å²) < 4.78 is 0. The topological polar surface area (TPSA) is 42.1 Å². The summed E-state index contributed by atoms with van der Waals surface area (Å²) in [5.41, 5.74) is 9.75. The lowest BCUT2D eigenvalue weighted by Gasteiger charge is -2.22. The second-order valence-corrected chi connectivity index (χ2v) is 4.98. The van der Waals surface area contributed by atoms with Gasteiger partial charge in [0.1, 0.15) is 10.8 Å². The number of hydrogen-bond acceptors (Lipinski definition) is 3. The van der Waals surface area contributed by atoms with Gasteiger partial charge in [0, 0.05) is 18.4 Å². The van der Waals surface area contributed by atoms with Gasteiger partial charge in [-0.25, -0.2) is 4.98 Å². The van der Waals surface area contributed by atoms with Crippen LogP contribution in [-0.2, 0) is 0 Å². The van der Waals surface area contributed by atoms with E-state index in [1.54, 1.807) is 0 Å². The van der Waals surface area contributed by atoms with Gasteiger partial charge in [0.2, 0.25) is 0 Å². The minimum absolute atomic E-state index is 0.378. The van der Waals surface area contributed by atoms with Gasteiger partial charge in [0.05, 0.1) is 5.56 Å². The number of aryl methyl sites for hydroxylation is 2. The van der Waals surface area contributed by atoms with Crippen molar-refractivity contribution in [2.45, 2.75) is 13.8 Å². The Morgan fingerprint density at radius 2 is 1.84 bits per heavy atom. The van der Waals surface area contributed by atoms with Crippen LogP contribution in [0, 0.1) is 13.8 Å². The summed E-state index contributed by atoms with van der Waals surface area (Å²) in [6.45, 7) is 3.98. The monoisotopic (exact) mass is 271 g/mol. The summed E-state index contributed by atoms with van der Waals surface area (Å²) in [7, 11) is 1.97. The van der Waals surface area contributed by atoms with Gasteiger partial charge in [-0.15, -0.1) is 0 Å². The smallest absolute Gasteiger partial charge is 0.143 e. The highest BCUT2D eigenvalue weighted by Crippen LogP contribution is 2.27. The van der Waals surface area contributed by atoms with Crippen molar-refractivity contribution in [2.75, 3.05) is 11.9 Å². The molecule has 0 fully saturated rings. The fourth-order valence-electron chi connectivity index (χ4n) is 2.14. The molecule has 0 unspecified atom stereocenters. The number of pyridine rings is 1. The third-order valence-corrected chi connectivity index (χ3v) is 3.24. The van der Waals surface area contributed by atoms with E-state index in [0.29, 0.717) is 4.99 Å². The molecule has 4 heteroatoms. The lowest BCUT2D eigenvalue weighted by molar-refractivity contribution is 1.07. The zero-order chi connectivity index (χ0) is 14.0. The van der Waals surface area contributed by atoms with Gasteiger partial charge in [-0.05, 0) is 37.6 Å². The Labute approximate surface area is 119 Å². The minimum atomic E-state index is 0.378. The lowest BCUT2D eigenvalue weighted by Crippen LogP contribution is -2.21. The molecule has 1 aromatic carbocycles. The molecular formula is C15H17N3S. The first-order valence-electron chi connectivity index (χ1n) is 6.07. The van der Waals surface area contributed by atoms with E-state index < -0.39 is 0 Å². The maximum Gasteiger partial charge on any atom is 0.143 e. The molecule has 1 heterocycles. The molecule has 2 N–H and O–H groups in total. The lowest BCUT2D eigenvalue weighted by atomic mass is 10.1. The SMILES string of the molecule is Cc1cc(C)c(C(N)=S)c(N(C)c2ccccc2)n1. The highest BCUT2D eigenvalue weighted by molar-refractivity contribution is 7.80. The highest BCUT2D eigenvalue weighted by atomic mass is 32.1. The molecule has 0 radical (unpaired) electrons. The number of rotatable bonds is 3. The van der Waals surface area contributed by atoms with Crippen LogP contribution in [-0.4, -0.2) is 17.0 Å². The van der Waals surface area contributed by atoms with Crippen molar-refractivity contribution in [3.8, 4) is 0 Å². The van der Waals surface area contributed by atoms with Gasteiger partial charge in [-0.2, -0.15) is 0 Å². The quantitative estimate of drug-likeness (QED) is 0.871. The first-order valence-corrected chi connectivity index (χ1v) is 6.48. The number of para-hydroxylation sites is 1. The van der Waals surface area contributed by atoms with E-state index in [4.69, 9.17) is 18.0 Å². The summed E-state index contributed by atoms with van der Waals surface area (Å²) in [5.74, 6) is 0.802. The van der Waals surface area contributed by atoms with E-state index >= 15 is 0 Å². The molecule has 0 aliphatic heterocycles. The van der Waals surface area contributed by atoms with Crippen LogP contribution in [0.3, 0.4) is 0 Å². The van der Waals surface area contributed by atoms with Gasteiger partial charge < -0.3 is 10.6 Å². The van der Waals surface area contributed by atoms with Crippen molar-refractivity contribution in [3.05, 3.63) is 53.2 Å². The van der Waals surface area contributed by atoms with Crippen molar-refractivity contribution < 1.29 is 0 Å². The third kappa shape index (κ3) is 2.74. The van der Waals surface area contributed by atoms with Crippen LogP contribution in [0.4, 0.5) is 11.5 Å². The predicted molar refractivity (Wildman–Crippen MR) is 84.1 cm³/mol. The molecular weight excluding hydrogens is 254 g/mol. The zero-order valence-electron chi connectivity index (χ0n) is 11.3. The number of nitrogens with two attached hydrogens (primary N) is 1. The van der Waals surface area contributed by atoms with Crippen LogP contribution in [0.2, 0.25) is 0 Å². The highest BCUT2D eigenvalue weighted by Gasteiger charge is 2.16. The molecule has 0 saturated heterocycles. The van der Waals surface area contributed by atoms with E-state index in [1.807, 2.05) is 62.2 Å². The van der Waals surface area contributed by atoms with Crippen molar-refractivity contribution in [1.82, 2.24) is 4.98 Å². The minimum Gasteiger partial charge on any atom is -0.389 e. The Morgan fingerprint density at radius 3 is 2.42 bits per heavy atom. The fourth-order valence-corrected chi connectivity index (χ4v) is 2.39. The molecule has 1 aromatic heterocycles. The molecule has 0 amide bonds. The van der Waals surface area contributed by atoms with Crippen molar-refractivity contribution in [3.63, 3.8) is 0 Å². The zero-order valence-corrected chi connectivity index (χ0v) is 12.2. The van der Waals surface area contributed by atoms with Gasteiger partial charge in [0.15, 0.2) is 0 Å². The molecule has 98 valence electrons. The Balaban J connectivity index is 2.58. The first-order chi connectivity index (χ1) is 9.00. The number of benzene rings is 1.